The average molecular weight is 491 g/mol. The van der Waals surface area contributed by atoms with Gasteiger partial charge in [0.25, 0.3) is 0 Å². The number of pyridine rings is 1. The summed E-state index contributed by atoms with van der Waals surface area (Å²) in [5.74, 6) is -0.490. The van der Waals surface area contributed by atoms with Crippen LogP contribution >= 0.6 is 34.7 Å². The van der Waals surface area contributed by atoms with Crippen molar-refractivity contribution in [2.75, 3.05) is 0 Å². The second-order valence-electron chi connectivity index (χ2n) is 7.75. The number of thiophene rings is 1. The normalized spacial score (nSPS) is 20.5. The maximum absolute atomic E-state index is 13.4. The van der Waals surface area contributed by atoms with Gasteiger partial charge >= 0.3 is 0 Å². The number of Topliss-reactive ketones (excluding diaryl/α,β-unsaturated/α-hetero) is 1. The van der Waals surface area contributed by atoms with E-state index in [1.165, 1.54) is 23.1 Å². The molecule has 0 aliphatic carbocycles. The van der Waals surface area contributed by atoms with E-state index in [-0.39, 0.29) is 18.1 Å². The number of amides is 1. The van der Waals surface area contributed by atoms with Crippen LogP contribution in [-0.4, -0.2) is 21.9 Å². The fraction of sp³-hybridized carbons (Fsp3) is 0.115. The molecule has 2 aromatic carbocycles. The van der Waals surface area contributed by atoms with E-state index >= 15 is 0 Å². The van der Waals surface area contributed by atoms with E-state index in [9.17, 15) is 9.59 Å². The van der Waals surface area contributed by atoms with E-state index < -0.39 is 10.8 Å². The Kier molecular flexibility index (Phi) is 6.06. The molecule has 33 heavy (non-hydrogen) atoms. The number of benzene rings is 2. The molecule has 0 bridgehead atoms. The minimum atomic E-state index is -1.02. The number of thioether (sulfide) groups is 1. The Balaban J connectivity index is 1.54. The quantitative estimate of drug-likeness (QED) is 0.351. The van der Waals surface area contributed by atoms with Gasteiger partial charge in [-0.15, -0.1) is 11.8 Å². The molecule has 2 atom stereocenters. The van der Waals surface area contributed by atoms with Crippen LogP contribution in [0.3, 0.4) is 0 Å². The molecule has 164 valence electrons. The molecule has 1 saturated heterocycles. The largest absolute Gasteiger partial charge is 0.339 e. The molecule has 0 saturated carbocycles. The zero-order valence-corrected chi connectivity index (χ0v) is 19.8. The summed E-state index contributed by atoms with van der Waals surface area (Å²) in [6.45, 7) is 0. The van der Waals surface area contributed by atoms with Crippen LogP contribution in [0.5, 0.6) is 0 Å². The molecule has 0 radical (unpaired) electrons. The minimum Gasteiger partial charge on any atom is -0.339 e. The highest BCUT2D eigenvalue weighted by Gasteiger charge is 2.48. The summed E-state index contributed by atoms with van der Waals surface area (Å²) in [4.78, 5) is 32.4. The van der Waals surface area contributed by atoms with Crippen LogP contribution in [0.15, 0.2) is 94.5 Å². The molecule has 2 unspecified atom stereocenters. The molecule has 1 amide bonds. The lowest BCUT2D eigenvalue weighted by atomic mass is 9.79. The van der Waals surface area contributed by atoms with Gasteiger partial charge in [-0.1, -0.05) is 60.1 Å². The van der Waals surface area contributed by atoms with Gasteiger partial charge in [-0.05, 0) is 46.7 Å². The molecular weight excluding hydrogens is 472 g/mol. The molecule has 1 N–H and O–H groups in total. The highest BCUT2D eigenvalue weighted by molar-refractivity contribution is 8.01. The third-order valence-electron chi connectivity index (χ3n) is 5.66. The molecule has 7 heteroatoms. The molecule has 1 aliphatic heterocycles. The lowest BCUT2D eigenvalue weighted by Gasteiger charge is -2.39. The van der Waals surface area contributed by atoms with Gasteiger partial charge in [-0.2, -0.15) is 11.3 Å². The maximum atomic E-state index is 13.4. The number of nitrogens with one attached hydrogen (secondary N) is 1. The van der Waals surface area contributed by atoms with Crippen LogP contribution < -0.4 is 5.32 Å². The Labute approximate surface area is 205 Å². The molecule has 3 heterocycles. The lowest BCUT2D eigenvalue weighted by molar-refractivity contribution is -0.133. The predicted molar refractivity (Wildman–Crippen MR) is 134 cm³/mol. The lowest BCUT2D eigenvalue weighted by Crippen LogP contribution is -2.58. The Hall–Kier alpha value is -2.93. The van der Waals surface area contributed by atoms with Crippen LogP contribution in [0.25, 0.3) is 11.3 Å². The third kappa shape index (κ3) is 4.22. The third-order valence-corrected chi connectivity index (χ3v) is 8.11. The average Bonchev–Trinajstić information content (AvgIpc) is 3.39. The van der Waals surface area contributed by atoms with E-state index in [0.717, 1.165) is 16.8 Å². The Morgan fingerprint density at radius 1 is 0.970 bits per heavy atom. The smallest absolute Gasteiger partial charge is 0.242 e. The summed E-state index contributed by atoms with van der Waals surface area (Å²) in [6, 6.07) is 24.8. The molecule has 2 aromatic heterocycles. The fourth-order valence-corrected chi connectivity index (χ4v) is 6.00. The second kappa shape index (κ2) is 9.14. The van der Waals surface area contributed by atoms with Gasteiger partial charge < -0.3 is 5.32 Å². The first-order valence-corrected chi connectivity index (χ1v) is 12.6. The highest BCUT2D eigenvalue weighted by atomic mass is 35.5. The second-order valence-corrected chi connectivity index (χ2v) is 10.1. The fourth-order valence-electron chi connectivity index (χ4n) is 4.03. The van der Waals surface area contributed by atoms with Crippen molar-refractivity contribution in [3.05, 3.63) is 106 Å². The van der Waals surface area contributed by atoms with Crippen molar-refractivity contribution in [3.8, 4) is 11.3 Å². The monoisotopic (exact) mass is 490 g/mol. The van der Waals surface area contributed by atoms with Gasteiger partial charge in [0.2, 0.25) is 5.91 Å². The van der Waals surface area contributed by atoms with Crippen LogP contribution in [0.4, 0.5) is 0 Å². The van der Waals surface area contributed by atoms with E-state index in [1.807, 2.05) is 83.6 Å². The van der Waals surface area contributed by atoms with Gasteiger partial charge in [-0.25, -0.2) is 4.98 Å². The zero-order valence-electron chi connectivity index (χ0n) is 17.4. The first-order chi connectivity index (χ1) is 16.1. The summed E-state index contributed by atoms with van der Waals surface area (Å²) in [5.41, 5.74) is 2.24. The summed E-state index contributed by atoms with van der Waals surface area (Å²) in [7, 11) is 0. The minimum absolute atomic E-state index is 0.114. The first-order valence-electron chi connectivity index (χ1n) is 10.4. The Bertz CT molecular complexity index is 1290. The summed E-state index contributed by atoms with van der Waals surface area (Å²) in [6.07, 6.45) is 0.114. The zero-order chi connectivity index (χ0) is 22.8. The summed E-state index contributed by atoms with van der Waals surface area (Å²) >= 11 is 8.99. The first kappa shape index (κ1) is 21.9. The highest BCUT2D eigenvalue weighted by Crippen LogP contribution is 2.41. The molecule has 1 aliphatic rings. The van der Waals surface area contributed by atoms with Crippen LogP contribution in [0.2, 0.25) is 5.02 Å². The van der Waals surface area contributed by atoms with E-state index in [2.05, 4.69) is 5.32 Å². The molecule has 5 rings (SSSR count). The van der Waals surface area contributed by atoms with Gasteiger partial charge in [-0.3, -0.25) is 9.59 Å². The topological polar surface area (TPSA) is 59.1 Å². The number of halogens is 1. The van der Waals surface area contributed by atoms with Gasteiger partial charge in [0.1, 0.15) is 10.8 Å². The Morgan fingerprint density at radius 3 is 2.48 bits per heavy atom. The van der Waals surface area contributed by atoms with Crippen LogP contribution in [0.1, 0.15) is 17.7 Å². The van der Waals surface area contributed by atoms with Gasteiger partial charge in [0.05, 0.1) is 16.4 Å². The van der Waals surface area contributed by atoms with Crippen molar-refractivity contribution in [1.29, 1.82) is 0 Å². The maximum Gasteiger partial charge on any atom is 0.242 e. The number of carbonyl (C=O) groups excluding carboxylic acids is 2. The number of piperidine rings is 1. The van der Waals surface area contributed by atoms with E-state index in [0.29, 0.717) is 15.6 Å². The summed E-state index contributed by atoms with van der Waals surface area (Å²) in [5, 5.41) is 6.73. The van der Waals surface area contributed by atoms with Crippen molar-refractivity contribution < 1.29 is 9.59 Å². The molecule has 4 aromatic rings. The van der Waals surface area contributed by atoms with Crippen LogP contribution in [-0.2, 0) is 15.1 Å². The standard InChI is InChI=1S/C26H19ClN2O2S2/c27-19-9-4-5-11-22(19)33-24-21(30)15-26(29-25(24)31,18-13-14-32-16-18)23-12-6-10-20(28-23)17-7-2-1-3-8-17/h1-14,16,24H,15H2,(H,29,31). The van der Waals surface area contributed by atoms with Crippen molar-refractivity contribution >= 4 is 46.4 Å². The van der Waals surface area contributed by atoms with Crippen molar-refractivity contribution in [1.82, 2.24) is 10.3 Å². The summed E-state index contributed by atoms with van der Waals surface area (Å²) < 4.78 is 0. The molecule has 4 nitrogen and oxygen atoms in total. The van der Waals surface area contributed by atoms with Gasteiger partial charge in [0.15, 0.2) is 5.78 Å². The van der Waals surface area contributed by atoms with E-state index in [1.54, 1.807) is 6.07 Å². The number of ketones is 1. The Morgan fingerprint density at radius 2 is 1.76 bits per heavy atom. The van der Waals surface area contributed by atoms with Crippen molar-refractivity contribution in [2.24, 2.45) is 0 Å². The van der Waals surface area contributed by atoms with E-state index in [4.69, 9.17) is 16.6 Å². The number of rotatable bonds is 5. The molecular formula is C26H19ClN2O2S2. The molecule has 0 spiro atoms. The van der Waals surface area contributed by atoms with Crippen molar-refractivity contribution in [2.45, 2.75) is 22.1 Å². The number of carbonyl (C=O) groups is 2. The number of aromatic nitrogens is 1. The van der Waals surface area contributed by atoms with Crippen LogP contribution in [0, 0.1) is 0 Å². The molecule has 1 fully saturated rings. The number of nitrogens with zero attached hydrogens (tertiary/aromatic N) is 1. The number of hydrogen-bond acceptors (Lipinski definition) is 5. The van der Waals surface area contributed by atoms with Gasteiger partial charge in [0, 0.05) is 16.9 Å². The SMILES string of the molecule is O=C1CC(c2ccsc2)(c2cccc(-c3ccccc3)n2)NC(=O)C1Sc1ccccc1Cl. The number of hydrogen-bond donors (Lipinski definition) is 1. The predicted octanol–water partition coefficient (Wildman–Crippen LogP) is 5.96. The van der Waals surface area contributed by atoms with Crippen molar-refractivity contribution in [3.63, 3.8) is 0 Å².